The minimum absolute atomic E-state index is 1.18. The Balaban J connectivity index is 1.36. The van der Waals surface area contributed by atoms with E-state index < -0.39 is 0 Å². The zero-order valence-electron chi connectivity index (χ0n) is 22.2. The number of hydrogen-bond acceptors (Lipinski definition) is 1. The summed E-state index contributed by atoms with van der Waals surface area (Å²) in [7, 11) is 0. The smallest absolute Gasteiger partial charge is 0.0640 e. The van der Waals surface area contributed by atoms with Crippen molar-refractivity contribution in [2.24, 2.45) is 0 Å². The van der Waals surface area contributed by atoms with Crippen LogP contribution in [0.4, 0.5) is 0 Å². The molecule has 0 radical (unpaired) electrons. The van der Waals surface area contributed by atoms with Gasteiger partial charge in [0.25, 0.3) is 0 Å². The Kier molecular flexibility index (Phi) is 4.80. The van der Waals surface area contributed by atoms with E-state index in [4.69, 9.17) is 0 Å². The number of thiophene rings is 1. The van der Waals surface area contributed by atoms with Crippen molar-refractivity contribution in [3.63, 3.8) is 0 Å². The topological polar surface area (TPSA) is 9.86 Å². The molecule has 3 heteroatoms. The summed E-state index contributed by atoms with van der Waals surface area (Å²) in [6.07, 6.45) is 2.20. The lowest BCUT2D eigenvalue weighted by Crippen LogP contribution is -1.94. The predicted octanol–water partition coefficient (Wildman–Crippen LogP) is 10.8. The van der Waals surface area contributed by atoms with Gasteiger partial charge in [-0.3, -0.25) is 0 Å². The average molecular weight is 541 g/mol. The molecule has 192 valence electrons. The van der Waals surface area contributed by atoms with E-state index in [9.17, 15) is 0 Å². The molecule has 0 aliphatic carbocycles. The molecule has 0 unspecified atom stereocenters. The lowest BCUT2D eigenvalue weighted by molar-refractivity contribution is 1.13. The quantitative estimate of drug-likeness (QED) is 0.211. The monoisotopic (exact) mass is 540 g/mol. The van der Waals surface area contributed by atoms with E-state index in [2.05, 4.69) is 155 Å². The summed E-state index contributed by atoms with van der Waals surface area (Å²) in [4.78, 5) is 0. The fourth-order valence-electron chi connectivity index (χ4n) is 6.58. The highest BCUT2D eigenvalue weighted by Crippen LogP contribution is 2.45. The summed E-state index contributed by atoms with van der Waals surface area (Å²) in [6.45, 7) is 0. The first-order valence-corrected chi connectivity index (χ1v) is 14.8. The van der Waals surface area contributed by atoms with Crippen LogP contribution in [0.5, 0.6) is 0 Å². The van der Waals surface area contributed by atoms with Crippen molar-refractivity contribution in [3.8, 4) is 22.5 Å². The van der Waals surface area contributed by atoms with Gasteiger partial charge in [0, 0.05) is 43.5 Å². The van der Waals surface area contributed by atoms with Crippen molar-refractivity contribution in [3.05, 3.63) is 146 Å². The lowest BCUT2D eigenvalue weighted by atomic mass is 10.0. The van der Waals surface area contributed by atoms with Crippen molar-refractivity contribution in [2.45, 2.75) is 0 Å². The summed E-state index contributed by atoms with van der Waals surface area (Å²) in [5.41, 5.74) is 8.65. The summed E-state index contributed by atoms with van der Waals surface area (Å²) in [5, 5.41) is 6.48. The number of fused-ring (bicyclic) bond motifs is 8. The first kappa shape index (κ1) is 22.7. The van der Waals surface area contributed by atoms with E-state index in [1.54, 1.807) is 0 Å². The number of hydrogen-bond donors (Lipinski definition) is 0. The van der Waals surface area contributed by atoms with Gasteiger partial charge in [0.2, 0.25) is 0 Å². The number of aromatic nitrogens is 2. The Morgan fingerprint density at radius 3 is 1.95 bits per heavy atom. The van der Waals surface area contributed by atoms with Gasteiger partial charge >= 0.3 is 0 Å². The van der Waals surface area contributed by atoms with Crippen molar-refractivity contribution in [1.82, 2.24) is 9.13 Å². The molecule has 9 aromatic rings. The first-order valence-electron chi connectivity index (χ1n) is 14.0. The van der Waals surface area contributed by atoms with Crippen LogP contribution in [0.1, 0.15) is 0 Å². The maximum atomic E-state index is 2.48. The van der Waals surface area contributed by atoms with Crippen LogP contribution >= 0.6 is 11.3 Å². The molecule has 3 heterocycles. The average Bonchev–Trinajstić information content (AvgIpc) is 3.73. The highest BCUT2D eigenvalue weighted by molar-refractivity contribution is 7.26. The molecule has 0 aliphatic rings. The maximum Gasteiger partial charge on any atom is 0.0640 e. The predicted molar refractivity (Wildman–Crippen MR) is 176 cm³/mol. The highest BCUT2D eigenvalue weighted by atomic mass is 32.1. The van der Waals surface area contributed by atoms with Gasteiger partial charge in [0.15, 0.2) is 0 Å². The third kappa shape index (κ3) is 3.24. The van der Waals surface area contributed by atoms with Gasteiger partial charge < -0.3 is 9.13 Å². The van der Waals surface area contributed by atoms with E-state index in [0.29, 0.717) is 0 Å². The largest absolute Gasteiger partial charge is 0.317 e. The fraction of sp³-hybridized carbons (Fsp3) is 0. The third-order valence-electron chi connectivity index (χ3n) is 8.37. The molecular weight excluding hydrogens is 516 g/mol. The molecule has 6 aromatic carbocycles. The molecule has 0 amide bonds. The molecule has 0 spiro atoms. The Hall–Kier alpha value is -5.12. The Morgan fingerprint density at radius 2 is 1.10 bits per heavy atom. The fourth-order valence-corrected chi connectivity index (χ4v) is 7.92. The minimum Gasteiger partial charge on any atom is -0.317 e. The lowest BCUT2D eigenvalue weighted by Gasteiger charge is -2.10. The SMILES string of the molecule is c1ccc(-c2cccc3c2sc2c(-n4c5ccccc5c5c6ccn(-c7ccccc7)c6ccc54)cccc23)cc1. The zero-order valence-corrected chi connectivity index (χ0v) is 23.0. The van der Waals surface area contributed by atoms with Gasteiger partial charge in [-0.1, -0.05) is 97.1 Å². The summed E-state index contributed by atoms with van der Waals surface area (Å²) in [6, 6.07) is 50.5. The molecule has 0 saturated carbocycles. The van der Waals surface area contributed by atoms with Crippen LogP contribution in [-0.4, -0.2) is 9.13 Å². The summed E-state index contributed by atoms with van der Waals surface area (Å²) in [5.74, 6) is 0. The van der Waals surface area contributed by atoms with Crippen LogP contribution < -0.4 is 0 Å². The zero-order chi connectivity index (χ0) is 26.9. The molecule has 0 fully saturated rings. The molecule has 0 aliphatic heterocycles. The molecule has 9 rings (SSSR count). The molecule has 0 saturated heterocycles. The Bertz CT molecular complexity index is 2410. The first-order chi connectivity index (χ1) is 20.4. The van der Waals surface area contributed by atoms with Crippen LogP contribution in [0.3, 0.4) is 0 Å². The number of benzene rings is 6. The second kappa shape index (κ2) is 8.69. The van der Waals surface area contributed by atoms with Crippen LogP contribution in [-0.2, 0) is 0 Å². The van der Waals surface area contributed by atoms with E-state index in [-0.39, 0.29) is 0 Å². The highest BCUT2D eigenvalue weighted by Gasteiger charge is 2.19. The molecule has 3 aromatic heterocycles. The number of para-hydroxylation sites is 2. The van der Waals surface area contributed by atoms with Crippen LogP contribution in [0.25, 0.3) is 75.4 Å². The summed E-state index contributed by atoms with van der Waals surface area (Å²) >= 11 is 1.91. The Labute approximate surface area is 240 Å². The minimum atomic E-state index is 1.18. The second-order valence-corrected chi connectivity index (χ2v) is 11.6. The van der Waals surface area contributed by atoms with Gasteiger partial charge in [0.05, 0.1) is 26.9 Å². The second-order valence-electron chi connectivity index (χ2n) is 10.6. The van der Waals surface area contributed by atoms with Gasteiger partial charge in [-0.25, -0.2) is 0 Å². The number of nitrogens with zero attached hydrogens (tertiary/aromatic N) is 2. The van der Waals surface area contributed by atoms with Crippen molar-refractivity contribution >= 4 is 64.2 Å². The molecular formula is C38H24N2S. The normalized spacial score (nSPS) is 11.9. The number of rotatable bonds is 3. The third-order valence-corrected chi connectivity index (χ3v) is 9.65. The molecule has 41 heavy (non-hydrogen) atoms. The van der Waals surface area contributed by atoms with Gasteiger partial charge in [0.1, 0.15) is 0 Å². The van der Waals surface area contributed by atoms with Gasteiger partial charge in [-0.05, 0) is 53.6 Å². The van der Waals surface area contributed by atoms with Crippen LogP contribution in [0, 0.1) is 0 Å². The molecule has 0 N–H and O–H groups in total. The van der Waals surface area contributed by atoms with E-state index >= 15 is 0 Å². The van der Waals surface area contributed by atoms with Gasteiger partial charge in [-0.15, -0.1) is 11.3 Å². The van der Waals surface area contributed by atoms with Crippen molar-refractivity contribution in [2.75, 3.05) is 0 Å². The molecule has 2 nitrogen and oxygen atoms in total. The van der Waals surface area contributed by atoms with Crippen LogP contribution in [0.15, 0.2) is 146 Å². The Morgan fingerprint density at radius 1 is 0.439 bits per heavy atom. The molecule has 0 atom stereocenters. The molecule has 0 bridgehead atoms. The van der Waals surface area contributed by atoms with Crippen LogP contribution in [0.2, 0.25) is 0 Å². The maximum absolute atomic E-state index is 2.48. The van der Waals surface area contributed by atoms with Crippen molar-refractivity contribution in [1.29, 1.82) is 0 Å². The van der Waals surface area contributed by atoms with Gasteiger partial charge in [-0.2, -0.15) is 0 Å². The summed E-state index contributed by atoms with van der Waals surface area (Å²) < 4.78 is 7.42. The van der Waals surface area contributed by atoms with E-state index in [1.165, 1.54) is 75.4 Å². The standard InChI is InChI=1S/C38H24N2S/c1-3-11-25(12-4-1)27-16-9-17-28-29-18-10-20-35(38(29)41-37(27)28)40-33-19-8-7-15-30(33)36-31-23-24-39(26-13-5-2-6-14-26)32(31)21-22-34(36)40/h1-24H. The van der Waals surface area contributed by atoms with E-state index in [1.807, 2.05) is 11.3 Å². The van der Waals surface area contributed by atoms with E-state index in [0.717, 1.165) is 0 Å². The van der Waals surface area contributed by atoms with Crippen molar-refractivity contribution < 1.29 is 0 Å².